The lowest BCUT2D eigenvalue weighted by Gasteiger charge is -2.32. The van der Waals surface area contributed by atoms with E-state index in [1.54, 1.807) is 4.90 Å². The lowest BCUT2D eigenvalue weighted by atomic mass is 10.1. The molecule has 1 saturated heterocycles. The van der Waals surface area contributed by atoms with E-state index >= 15 is 0 Å². The first-order chi connectivity index (χ1) is 10.9. The second kappa shape index (κ2) is 9.79. The minimum Gasteiger partial charge on any atom is -0.444 e. The van der Waals surface area contributed by atoms with Crippen molar-refractivity contribution < 1.29 is 9.53 Å². The maximum atomic E-state index is 12.2. The zero-order valence-corrected chi connectivity index (χ0v) is 15.2. The molecule has 23 heavy (non-hydrogen) atoms. The molecule has 0 atom stereocenters. The van der Waals surface area contributed by atoms with Gasteiger partial charge in [0.05, 0.1) is 6.54 Å². The zero-order chi connectivity index (χ0) is 17.3. The number of ether oxygens (including phenoxy) is 1. The van der Waals surface area contributed by atoms with Gasteiger partial charge in [-0.15, -0.1) is 6.42 Å². The van der Waals surface area contributed by atoms with Crippen molar-refractivity contribution in [3.05, 3.63) is 0 Å². The van der Waals surface area contributed by atoms with Crippen LogP contribution in [-0.2, 0) is 4.74 Å². The lowest BCUT2D eigenvalue weighted by molar-refractivity contribution is 0.0249. The quantitative estimate of drug-likeness (QED) is 0.730. The summed E-state index contributed by atoms with van der Waals surface area (Å²) in [7, 11) is 0. The zero-order valence-electron chi connectivity index (χ0n) is 15.2. The first kappa shape index (κ1) is 19.8. The van der Waals surface area contributed by atoms with E-state index in [1.807, 2.05) is 20.8 Å². The summed E-state index contributed by atoms with van der Waals surface area (Å²) < 4.78 is 5.47. The van der Waals surface area contributed by atoms with E-state index in [4.69, 9.17) is 11.2 Å². The van der Waals surface area contributed by atoms with Gasteiger partial charge in [-0.05, 0) is 40.0 Å². The number of likely N-dealkylation sites (tertiary alicyclic amines) is 1. The number of amides is 1. The fourth-order valence-electron chi connectivity index (χ4n) is 2.72. The standard InChI is InChI=1S/C18H33N3O2/c1-6-11-20-13-8-16(9-14-20)19-10-15-21(12-7-2)17(22)23-18(3,4)5/h1,16,19H,7-15H2,2-5H3. The molecule has 0 aliphatic carbocycles. The van der Waals surface area contributed by atoms with E-state index in [1.165, 1.54) is 0 Å². The summed E-state index contributed by atoms with van der Waals surface area (Å²) in [5, 5.41) is 3.56. The predicted octanol–water partition coefficient (Wildman–Crippen LogP) is 2.32. The Bertz CT molecular complexity index is 390. The molecule has 1 rings (SSSR count). The van der Waals surface area contributed by atoms with Crippen molar-refractivity contribution in [2.24, 2.45) is 0 Å². The molecule has 1 aliphatic heterocycles. The van der Waals surface area contributed by atoms with Gasteiger partial charge in [-0.2, -0.15) is 0 Å². The normalized spacial score (nSPS) is 16.8. The van der Waals surface area contributed by atoms with Crippen LogP contribution >= 0.6 is 0 Å². The van der Waals surface area contributed by atoms with Gasteiger partial charge in [0.2, 0.25) is 0 Å². The second-order valence-corrected chi connectivity index (χ2v) is 7.18. The second-order valence-electron chi connectivity index (χ2n) is 7.18. The minimum absolute atomic E-state index is 0.218. The van der Waals surface area contributed by atoms with Gasteiger partial charge in [0.25, 0.3) is 0 Å². The number of carbonyl (C=O) groups excluding carboxylic acids is 1. The van der Waals surface area contributed by atoms with E-state index in [-0.39, 0.29) is 6.09 Å². The molecule has 5 nitrogen and oxygen atoms in total. The number of hydrogen-bond acceptors (Lipinski definition) is 4. The van der Waals surface area contributed by atoms with Crippen LogP contribution in [0, 0.1) is 12.3 Å². The molecular weight excluding hydrogens is 290 g/mol. The SMILES string of the molecule is C#CCN1CCC(NCCN(CCC)C(=O)OC(C)(C)C)CC1. The molecule has 0 radical (unpaired) electrons. The van der Waals surface area contributed by atoms with Crippen LogP contribution in [0.4, 0.5) is 4.79 Å². The van der Waals surface area contributed by atoms with E-state index in [2.05, 4.69) is 23.1 Å². The van der Waals surface area contributed by atoms with Crippen LogP contribution in [0.5, 0.6) is 0 Å². The van der Waals surface area contributed by atoms with Gasteiger partial charge in [0.1, 0.15) is 5.60 Å². The van der Waals surface area contributed by atoms with Crippen LogP contribution in [0.25, 0.3) is 0 Å². The van der Waals surface area contributed by atoms with Gasteiger partial charge in [0.15, 0.2) is 0 Å². The molecule has 0 bridgehead atoms. The molecule has 0 aromatic rings. The molecule has 0 spiro atoms. The van der Waals surface area contributed by atoms with Crippen LogP contribution in [0.2, 0.25) is 0 Å². The van der Waals surface area contributed by atoms with Crippen molar-refractivity contribution in [1.82, 2.24) is 15.1 Å². The van der Waals surface area contributed by atoms with Crippen LogP contribution in [-0.4, -0.2) is 66.8 Å². The van der Waals surface area contributed by atoms with Gasteiger partial charge >= 0.3 is 6.09 Å². The Morgan fingerprint density at radius 1 is 1.35 bits per heavy atom. The number of nitrogens with zero attached hydrogens (tertiary/aromatic N) is 2. The average Bonchev–Trinajstić information content (AvgIpc) is 2.46. The van der Waals surface area contributed by atoms with Crippen molar-refractivity contribution in [2.75, 3.05) is 39.3 Å². The summed E-state index contributed by atoms with van der Waals surface area (Å²) in [6.07, 6.45) is 8.29. The molecule has 1 heterocycles. The van der Waals surface area contributed by atoms with Crippen LogP contribution < -0.4 is 5.32 Å². The monoisotopic (exact) mass is 323 g/mol. The Balaban J connectivity index is 2.31. The molecule has 0 aromatic heterocycles. The largest absolute Gasteiger partial charge is 0.444 e. The summed E-state index contributed by atoms with van der Waals surface area (Å²) in [6, 6.07) is 0.520. The highest BCUT2D eigenvalue weighted by Gasteiger charge is 2.22. The summed E-state index contributed by atoms with van der Waals surface area (Å²) in [5.41, 5.74) is -0.444. The van der Waals surface area contributed by atoms with Crippen LogP contribution in [0.15, 0.2) is 0 Å². The maximum absolute atomic E-state index is 12.2. The molecular formula is C18H33N3O2. The number of nitrogens with one attached hydrogen (secondary N) is 1. The fourth-order valence-corrected chi connectivity index (χ4v) is 2.72. The smallest absolute Gasteiger partial charge is 0.410 e. The molecule has 1 N–H and O–H groups in total. The van der Waals surface area contributed by atoms with Crippen molar-refractivity contribution in [3.8, 4) is 12.3 Å². The van der Waals surface area contributed by atoms with E-state index in [0.29, 0.717) is 12.6 Å². The fraction of sp³-hybridized carbons (Fsp3) is 0.833. The number of hydrogen-bond donors (Lipinski definition) is 1. The summed E-state index contributed by atoms with van der Waals surface area (Å²) in [4.78, 5) is 16.3. The van der Waals surface area contributed by atoms with Crippen LogP contribution in [0.1, 0.15) is 47.0 Å². The molecule has 1 amide bonds. The average molecular weight is 323 g/mol. The third kappa shape index (κ3) is 8.24. The molecule has 0 aromatic carbocycles. The molecule has 0 unspecified atom stereocenters. The minimum atomic E-state index is -0.444. The summed E-state index contributed by atoms with van der Waals surface area (Å²) in [6.45, 7) is 12.8. The van der Waals surface area contributed by atoms with Gasteiger partial charge in [-0.1, -0.05) is 12.8 Å². The third-order valence-electron chi connectivity index (χ3n) is 3.86. The van der Waals surface area contributed by atoms with Gasteiger partial charge in [-0.25, -0.2) is 4.79 Å². The number of carbonyl (C=O) groups is 1. The first-order valence-electron chi connectivity index (χ1n) is 8.73. The Morgan fingerprint density at radius 2 is 2.00 bits per heavy atom. The Hall–Kier alpha value is -1.25. The maximum Gasteiger partial charge on any atom is 0.410 e. The highest BCUT2D eigenvalue weighted by molar-refractivity contribution is 5.68. The van der Waals surface area contributed by atoms with Crippen molar-refractivity contribution in [1.29, 1.82) is 0 Å². The first-order valence-corrected chi connectivity index (χ1v) is 8.73. The molecule has 1 aliphatic rings. The van der Waals surface area contributed by atoms with Gasteiger partial charge in [-0.3, -0.25) is 4.90 Å². The van der Waals surface area contributed by atoms with E-state index < -0.39 is 5.60 Å². The Kier molecular flexibility index (Phi) is 8.43. The topological polar surface area (TPSA) is 44.8 Å². The van der Waals surface area contributed by atoms with Gasteiger partial charge < -0.3 is 15.0 Å². The van der Waals surface area contributed by atoms with E-state index in [9.17, 15) is 4.79 Å². The number of terminal acetylenes is 1. The van der Waals surface area contributed by atoms with Crippen molar-refractivity contribution in [3.63, 3.8) is 0 Å². The molecule has 1 fully saturated rings. The van der Waals surface area contributed by atoms with Crippen molar-refractivity contribution in [2.45, 2.75) is 58.6 Å². The van der Waals surface area contributed by atoms with E-state index in [0.717, 1.165) is 52.0 Å². The lowest BCUT2D eigenvalue weighted by Crippen LogP contribution is -2.46. The summed E-state index contributed by atoms with van der Waals surface area (Å²) >= 11 is 0. The van der Waals surface area contributed by atoms with Crippen molar-refractivity contribution >= 4 is 6.09 Å². The molecule has 0 saturated carbocycles. The number of rotatable bonds is 7. The highest BCUT2D eigenvalue weighted by atomic mass is 16.6. The third-order valence-corrected chi connectivity index (χ3v) is 3.86. The van der Waals surface area contributed by atoms with Gasteiger partial charge in [0, 0.05) is 38.8 Å². The Morgan fingerprint density at radius 3 is 2.52 bits per heavy atom. The van der Waals surface area contributed by atoms with Crippen LogP contribution in [0.3, 0.4) is 0 Å². The predicted molar refractivity (Wildman–Crippen MR) is 94.4 cm³/mol. The highest BCUT2D eigenvalue weighted by Crippen LogP contribution is 2.11. The number of piperidine rings is 1. The Labute approximate surface area is 141 Å². The molecule has 132 valence electrons. The summed E-state index contributed by atoms with van der Waals surface area (Å²) in [5.74, 6) is 2.70. The molecule has 5 heteroatoms.